The molecule has 0 aromatic heterocycles. The van der Waals surface area contributed by atoms with Gasteiger partial charge in [0.1, 0.15) is 0 Å². The number of hydrogen-bond acceptors (Lipinski definition) is 0. The lowest BCUT2D eigenvalue weighted by Crippen LogP contribution is -2.08. The predicted molar refractivity (Wildman–Crippen MR) is 104 cm³/mol. The Bertz CT molecular complexity index is 135. The maximum absolute atomic E-state index is 2.37. The van der Waals surface area contributed by atoms with Crippen LogP contribution >= 0.6 is 0 Å². The molecule has 22 heavy (non-hydrogen) atoms. The molecule has 0 aromatic rings. The molecule has 3 rings (SSSR count). The van der Waals surface area contributed by atoms with Crippen molar-refractivity contribution >= 4 is 0 Å². The molecule has 3 aliphatic rings. The molecule has 0 radical (unpaired) electrons. The number of rotatable bonds is 0. The highest BCUT2D eigenvalue weighted by Crippen LogP contribution is 2.27. The maximum Gasteiger partial charge on any atom is -0.0443 e. The first-order valence-electron chi connectivity index (χ1n) is 10.8. The Hall–Kier alpha value is 0. The summed E-state index contributed by atoms with van der Waals surface area (Å²) in [6.45, 7) is 8.73. The topological polar surface area (TPSA) is 0 Å². The maximum atomic E-state index is 2.37. The minimum Gasteiger partial charge on any atom is -0.0683 e. The molecular weight excluding hydrogens is 264 g/mol. The molecule has 0 aliphatic heterocycles. The van der Waals surface area contributed by atoms with E-state index in [0.717, 1.165) is 11.8 Å². The van der Waals surface area contributed by atoms with Crippen molar-refractivity contribution in [3.05, 3.63) is 0 Å². The summed E-state index contributed by atoms with van der Waals surface area (Å²) in [4.78, 5) is 0. The van der Waals surface area contributed by atoms with Gasteiger partial charge < -0.3 is 0 Å². The van der Waals surface area contributed by atoms with E-state index in [1.54, 1.807) is 0 Å². The van der Waals surface area contributed by atoms with Gasteiger partial charge in [0.2, 0.25) is 0 Å². The Morgan fingerprint density at radius 2 is 0.500 bits per heavy atom. The molecule has 0 nitrogen and oxygen atoms in total. The van der Waals surface area contributed by atoms with Crippen LogP contribution in [0, 0.1) is 11.8 Å². The van der Waals surface area contributed by atoms with Crippen LogP contribution in [0.5, 0.6) is 0 Å². The van der Waals surface area contributed by atoms with Crippen LogP contribution in [0.1, 0.15) is 130 Å². The van der Waals surface area contributed by atoms with Gasteiger partial charge in [-0.25, -0.2) is 0 Å². The van der Waals surface area contributed by atoms with Gasteiger partial charge in [-0.3, -0.25) is 0 Å². The van der Waals surface area contributed by atoms with E-state index in [1.165, 1.54) is 103 Å². The van der Waals surface area contributed by atoms with Crippen LogP contribution in [0.3, 0.4) is 0 Å². The highest BCUT2D eigenvalue weighted by Gasteiger charge is 2.13. The van der Waals surface area contributed by atoms with Crippen molar-refractivity contribution in [2.75, 3.05) is 0 Å². The fourth-order valence-electron chi connectivity index (χ4n) is 3.55. The van der Waals surface area contributed by atoms with Gasteiger partial charge in [-0.05, 0) is 11.8 Å². The first-order valence-corrected chi connectivity index (χ1v) is 10.8. The lowest BCUT2D eigenvalue weighted by atomic mass is 9.84. The Kier molecular flexibility index (Phi) is 17.4. The minimum absolute atomic E-state index is 1.02. The van der Waals surface area contributed by atoms with E-state index in [1.807, 2.05) is 13.8 Å². The Labute approximate surface area is 142 Å². The summed E-state index contributed by atoms with van der Waals surface area (Å²) in [6, 6.07) is 0. The van der Waals surface area contributed by atoms with Crippen molar-refractivity contribution in [3.8, 4) is 0 Å². The molecule has 3 saturated carbocycles. The predicted octanol–water partition coefficient (Wildman–Crippen LogP) is 8.54. The Morgan fingerprint density at radius 1 is 0.364 bits per heavy atom. The van der Waals surface area contributed by atoms with Crippen LogP contribution in [0.25, 0.3) is 0 Å². The van der Waals surface area contributed by atoms with Gasteiger partial charge in [0.05, 0.1) is 0 Å². The molecule has 0 N–H and O–H groups in total. The van der Waals surface area contributed by atoms with Crippen molar-refractivity contribution in [2.45, 2.75) is 130 Å². The normalized spacial score (nSPS) is 27.8. The fourth-order valence-corrected chi connectivity index (χ4v) is 3.55. The summed E-state index contributed by atoms with van der Waals surface area (Å²) in [5, 5.41) is 0. The summed E-state index contributed by atoms with van der Waals surface area (Å²) in [5.74, 6) is 2.04. The molecule has 0 bridgehead atoms. The molecule has 3 aliphatic carbocycles. The van der Waals surface area contributed by atoms with Crippen LogP contribution in [0.15, 0.2) is 0 Å². The Balaban J connectivity index is 0.000000288. The van der Waals surface area contributed by atoms with Gasteiger partial charge in [0.25, 0.3) is 0 Å². The van der Waals surface area contributed by atoms with Gasteiger partial charge in [-0.15, -0.1) is 0 Å². The largest absolute Gasteiger partial charge is 0.0683 e. The van der Waals surface area contributed by atoms with Crippen LogP contribution in [-0.4, -0.2) is 0 Å². The van der Waals surface area contributed by atoms with Gasteiger partial charge in [-0.1, -0.05) is 130 Å². The smallest absolute Gasteiger partial charge is 0.0443 e. The van der Waals surface area contributed by atoms with Crippen molar-refractivity contribution in [1.82, 2.24) is 0 Å². The van der Waals surface area contributed by atoms with Gasteiger partial charge in [0, 0.05) is 0 Å². The van der Waals surface area contributed by atoms with E-state index in [2.05, 4.69) is 13.8 Å². The number of hydrogen-bond donors (Lipinski definition) is 0. The summed E-state index contributed by atoms with van der Waals surface area (Å²) < 4.78 is 0. The molecule has 0 amide bonds. The van der Waals surface area contributed by atoms with Gasteiger partial charge in [-0.2, -0.15) is 0 Å². The molecule has 3 fully saturated rings. The van der Waals surface area contributed by atoms with E-state index < -0.39 is 0 Å². The minimum atomic E-state index is 1.02. The molecule has 0 saturated heterocycles. The summed E-state index contributed by atoms with van der Waals surface area (Å²) in [5.41, 5.74) is 0. The quantitative estimate of drug-likeness (QED) is 0.420. The average Bonchev–Trinajstić information content (AvgIpc) is 2.63. The third kappa shape index (κ3) is 14.9. The van der Waals surface area contributed by atoms with Crippen molar-refractivity contribution in [1.29, 1.82) is 0 Å². The monoisotopic (exact) mass is 310 g/mol. The van der Waals surface area contributed by atoms with E-state index in [-0.39, 0.29) is 0 Å². The van der Waals surface area contributed by atoms with Crippen LogP contribution in [-0.2, 0) is 0 Å². The van der Waals surface area contributed by atoms with E-state index in [9.17, 15) is 0 Å². The standard InChI is InChI=1S/C8H16.2C6H12.C2H6/c1-7-3-5-8(2)6-4-7;2*1-2-4-6-5-3-1;1-2/h7-8H,3-6H2,1-2H3;2*1-6H2;1-2H3. The second-order valence-electron chi connectivity index (χ2n) is 7.61. The molecule has 0 heteroatoms. The molecule has 0 atom stereocenters. The van der Waals surface area contributed by atoms with Crippen LogP contribution in [0.4, 0.5) is 0 Å². The molecule has 0 spiro atoms. The van der Waals surface area contributed by atoms with Crippen molar-refractivity contribution in [3.63, 3.8) is 0 Å². The second-order valence-corrected chi connectivity index (χ2v) is 7.61. The first-order chi connectivity index (χ1) is 10.8. The van der Waals surface area contributed by atoms with E-state index in [0.29, 0.717) is 0 Å². The average molecular weight is 311 g/mol. The van der Waals surface area contributed by atoms with E-state index in [4.69, 9.17) is 0 Å². The zero-order valence-electron chi connectivity index (χ0n) is 16.5. The lowest BCUT2D eigenvalue weighted by molar-refractivity contribution is 0.308. The highest BCUT2D eigenvalue weighted by molar-refractivity contribution is 4.65. The molecule has 0 aromatic carbocycles. The third-order valence-electron chi connectivity index (χ3n) is 5.30. The highest BCUT2D eigenvalue weighted by atomic mass is 14.2. The SMILES string of the molecule is C1CCCCC1.C1CCCCC1.CC.CC1CCC(C)CC1. The van der Waals surface area contributed by atoms with Crippen LogP contribution < -0.4 is 0 Å². The van der Waals surface area contributed by atoms with Gasteiger partial charge >= 0.3 is 0 Å². The third-order valence-corrected chi connectivity index (χ3v) is 5.30. The summed E-state index contributed by atoms with van der Waals surface area (Å²) in [6.07, 6.45) is 23.9. The fraction of sp³-hybridized carbons (Fsp3) is 1.00. The van der Waals surface area contributed by atoms with Crippen molar-refractivity contribution in [2.24, 2.45) is 11.8 Å². The lowest BCUT2D eigenvalue weighted by Gasteiger charge is -2.22. The van der Waals surface area contributed by atoms with Crippen molar-refractivity contribution < 1.29 is 0 Å². The van der Waals surface area contributed by atoms with E-state index >= 15 is 0 Å². The molecular formula is C22H46. The summed E-state index contributed by atoms with van der Waals surface area (Å²) >= 11 is 0. The molecule has 0 unspecified atom stereocenters. The van der Waals surface area contributed by atoms with Crippen LogP contribution in [0.2, 0.25) is 0 Å². The molecule has 0 heterocycles. The molecule has 134 valence electrons. The zero-order chi connectivity index (χ0) is 16.5. The zero-order valence-corrected chi connectivity index (χ0v) is 16.5. The Morgan fingerprint density at radius 3 is 0.636 bits per heavy atom. The summed E-state index contributed by atoms with van der Waals surface area (Å²) in [7, 11) is 0. The first kappa shape index (κ1) is 22.0. The van der Waals surface area contributed by atoms with Gasteiger partial charge in [0.15, 0.2) is 0 Å². The second kappa shape index (κ2) is 17.4.